The molecule has 1 atom stereocenters. The molecule has 1 unspecified atom stereocenters. The average Bonchev–Trinajstić information content (AvgIpc) is 2.82. The van der Waals surface area contributed by atoms with Gasteiger partial charge < -0.3 is 10.3 Å². The van der Waals surface area contributed by atoms with Crippen molar-refractivity contribution in [1.82, 2.24) is 14.5 Å². The average molecular weight is 266 g/mol. The van der Waals surface area contributed by atoms with Crippen LogP contribution < -0.4 is 5.73 Å². The molecule has 2 aromatic heterocycles. The Morgan fingerprint density at radius 1 is 1.10 bits per heavy atom. The molecule has 1 aromatic carbocycles. The lowest BCUT2D eigenvalue weighted by Gasteiger charge is -2.16. The van der Waals surface area contributed by atoms with Crippen LogP contribution in [0, 0.1) is 0 Å². The number of nitrogens with zero attached hydrogens (tertiary/aromatic N) is 3. The summed E-state index contributed by atoms with van der Waals surface area (Å²) in [6.45, 7) is 4.21. The van der Waals surface area contributed by atoms with Gasteiger partial charge in [0.05, 0.1) is 11.6 Å². The number of rotatable bonds is 3. The number of pyridine rings is 1. The van der Waals surface area contributed by atoms with Gasteiger partial charge in [-0.25, -0.2) is 4.98 Å². The van der Waals surface area contributed by atoms with Gasteiger partial charge in [0.1, 0.15) is 0 Å². The minimum Gasteiger partial charge on any atom is -0.369 e. The van der Waals surface area contributed by atoms with Crippen molar-refractivity contribution in [1.29, 1.82) is 0 Å². The first-order valence-corrected chi connectivity index (χ1v) is 6.89. The maximum Gasteiger partial charge on any atom is 0.203 e. The Hall–Kier alpha value is -2.36. The summed E-state index contributed by atoms with van der Waals surface area (Å²) >= 11 is 0. The summed E-state index contributed by atoms with van der Waals surface area (Å²) in [6, 6.07) is 14.5. The van der Waals surface area contributed by atoms with Crippen LogP contribution in [0.15, 0.2) is 42.5 Å². The summed E-state index contributed by atoms with van der Waals surface area (Å²) in [6.07, 6.45) is 0.900. The molecule has 0 aliphatic rings. The van der Waals surface area contributed by atoms with Gasteiger partial charge in [-0.05, 0) is 31.0 Å². The van der Waals surface area contributed by atoms with Gasteiger partial charge in [-0.2, -0.15) is 4.98 Å². The van der Waals surface area contributed by atoms with Crippen LogP contribution in [-0.4, -0.2) is 14.5 Å². The number of imidazole rings is 1. The second-order valence-corrected chi connectivity index (χ2v) is 4.93. The zero-order valence-corrected chi connectivity index (χ0v) is 11.7. The van der Waals surface area contributed by atoms with E-state index in [-0.39, 0.29) is 6.04 Å². The van der Waals surface area contributed by atoms with Crippen LogP contribution in [0.2, 0.25) is 0 Å². The first-order chi connectivity index (χ1) is 9.70. The third-order valence-electron chi connectivity index (χ3n) is 3.67. The fourth-order valence-electron chi connectivity index (χ4n) is 2.52. The van der Waals surface area contributed by atoms with E-state index in [9.17, 15) is 0 Å². The lowest BCUT2D eigenvalue weighted by atomic mass is 10.1. The number of hydrogen-bond acceptors (Lipinski definition) is 3. The number of aromatic nitrogens is 3. The van der Waals surface area contributed by atoms with E-state index in [1.165, 1.54) is 5.56 Å². The fraction of sp³-hybridized carbons (Fsp3) is 0.250. The molecule has 0 fully saturated rings. The van der Waals surface area contributed by atoms with E-state index in [1.807, 2.05) is 28.8 Å². The minimum atomic E-state index is 0.135. The lowest BCUT2D eigenvalue weighted by Crippen LogP contribution is -2.10. The van der Waals surface area contributed by atoms with Gasteiger partial charge in [-0.3, -0.25) is 0 Å². The first kappa shape index (κ1) is 12.7. The highest BCUT2D eigenvalue weighted by Gasteiger charge is 2.16. The van der Waals surface area contributed by atoms with Crippen molar-refractivity contribution in [2.75, 3.05) is 5.73 Å². The first-order valence-electron chi connectivity index (χ1n) is 6.89. The number of benzene rings is 1. The Labute approximate surface area is 118 Å². The molecule has 3 aromatic rings. The topological polar surface area (TPSA) is 56.7 Å². The molecule has 4 heteroatoms. The van der Waals surface area contributed by atoms with E-state index in [0.29, 0.717) is 5.95 Å². The molecule has 3 rings (SSSR count). The van der Waals surface area contributed by atoms with Crippen LogP contribution in [0.1, 0.15) is 31.1 Å². The van der Waals surface area contributed by atoms with E-state index in [1.54, 1.807) is 0 Å². The second kappa shape index (κ2) is 4.96. The van der Waals surface area contributed by atoms with E-state index in [0.717, 1.165) is 23.3 Å². The zero-order chi connectivity index (χ0) is 14.1. The molecule has 0 radical (unpaired) electrons. The number of anilines is 1. The van der Waals surface area contributed by atoms with Crippen LogP contribution in [0.25, 0.3) is 11.2 Å². The zero-order valence-electron chi connectivity index (χ0n) is 11.7. The quantitative estimate of drug-likeness (QED) is 0.792. The maximum atomic E-state index is 6.09. The molecule has 0 amide bonds. The number of nitrogen functional groups attached to an aromatic ring is 1. The van der Waals surface area contributed by atoms with Crippen LogP contribution >= 0.6 is 0 Å². The van der Waals surface area contributed by atoms with Gasteiger partial charge in [0.25, 0.3) is 0 Å². The van der Waals surface area contributed by atoms with Gasteiger partial charge in [0.2, 0.25) is 5.95 Å². The van der Waals surface area contributed by atoms with Crippen molar-refractivity contribution in [3.05, 3.63) is 53.7 Å². The van der Waals surface area contributed by atoms with Gasteiger partial charge in [-0.15, -0.1) is 0 Å². The molecule has 4 nitrogen and oxygen atoms in total. The Bertz CT molecular complexity index is 731. The number of hydrogen-bond donors (Lipinski definition) is 1. The number of nitrogens with two attached hydrogens (primary N) is 1. The van der Waals surface area contributed by atoms with Crippen LogP contribution in [-0.2, 0) is 6.42 Å². The van der Waals surface area contributed by atoms with Gasteiger partial charge in [0.15, 0.2) is 5.65 Å². The van der Waals surface area contributed by atoms with Crippen molar-refractivity contribution >= 4 is 17.1 Å². The minimum absolute atomic E-state index is 0.135. The predicted molar refractivity (Wildman–Crippen MR) is 81.6 cm³/mol. The molecule has 0 bridgehead atoms. The van der Waals surface area contributed by atoms with Crippen molar-refractivity contribution in [3.8, 4) is 0 Å². The van der Waals surface area contributed by atoms with Gasteiger partial charge >= 0.3 is 0 Å². The summed E-state index contributed by atoms with van der Waals surface area (Å²) in [4.78, 5) is 8.94. The highest BCUT2D eigenvalue weighted by atomic mass is 15.2. The van der Waals surface area contributed by atoms with E-state index in [2.05, 4.69) is 42.0 Å². The monoisotopic (exact) mass is 266 g/mol. The van der Waals surface area contributed by atoms with E-state index in [4.69, 9.17) is 5.73 Å². The van der Waals surface area contributed by atoms with Crippen molar-refractivity contribution in [2.45, 2.75) is 26.3 Å². The van der Waals surface area contributed by atoms with Gasteiger partial charge in [-0.1, -0.05) is 37.3 Å². The van der Waals surface area contributed by atoms with Crippen LogP contribution in [0.4, 0.5) is 5.95 Å². The summed E-state index contributed by atoms with van der Waals surface area (Å²) in [7, 11) is 0. The van der Waals surface area contributed by atoms with E-state index >= 15 is 0 Å². The second-order valence-electron chi connectivity index (χ2n) is 4.93. The van der Waals surface area contributed by atoms with Gasteiger partial charge in [0, 0.05) is 5.69 Å². The van der Waals surface area contributed by atoms with Crippen molar-refractivity contribution in [2.24, 2.45) is 0 Å². The molecule has 0 saturated heterocycles. The van der Waals surface area contributed by atoms with Crippen LogP contribution in [0.3, 0.4) is 0 Å². The smallest absolute Gasteiger partial charge is 0.203 e. The maximum absolute atomic E-state index is 6.09. The van der Waals surface area contributed by atoms with Crippen LogP contribution in [0.5, 0.6) is 0 Å². The lowest BCUT2D eigenvalue weighted by molar-refractivity contribution is 0.667. The molecule has 2 heterocycles. The van der Waals surface area contributed by atoms with Crippen molar-refractivity contribution < 1.29 is 0 Å². The Balaban J connectivity index is 2.14. The molecule has 102 valence electrons. The standard InChI is InChI=1S/C16H18N4/c1-3-13-9-10-14-15(18-13)19-16(17)20(14)11(2)12-7-5-4-6-8-12/h4-11H,3H2,1-2H3,(H2,17,18,19). The largest absolute Gasteiger partial charge is 0.369 e. The summed E-state index contributed by atoms with van der Waals surface area (Å²) in [5.41, 5.74) is 10.0. The molecular formula is C16H18N4. The number of fused-ring (bicyclic) bond motifs is 1. The predicted octanol–water partition coefficient (Wildman–Crippen LogP) is 3.19. The Kier molecular flexibility index (Phi) is 3.14. The highest BCUT2D eigenvalue weighted by molar-refractivity contribution is 5.75. The Morgan fingerprint density at radius 2 is 1.85 bits per heavy atom. The van der Waals surface area contributed by atoms with Crippen molar-refractivity contribution in [3.63, 3.8) is 0 Å². The third kappa shape index (κ3) is 2.03. The normalized spacial score (nSPS) is 12.7. The van der Waals surface area contributed by atoms with E-state index < -0.39 is 0 Å². The molecule has 0 spiro atoms. The molecule has 2 N–H and O–H groups in total. The summed E-state index contributed by atoms with van der Waals surface area (Å²) in [5, 5.41) is 0. The fourth-order valence-corrected chi connectivity index (χ4v) is 2.52. The molecule has 0 saturated carbocycles. The molecule has 0 aliphatic carbocycles. The Morgan fingerprint density at radius 3 is 2.55 bits per heavy atom. The third-order valence-corrected chi connectivity index (χ3v) is 3.67. The molecule has 0 aliphatic heterocycles. The number of aryl methyl sites for hydroxylation is 1. The molecule has 20 heavy (non-hydrogen) atoms. The highest BCUT2D eigenvalue weighted by Crippen LogP contribution is 2.26. The summed E-state index contributed by atoms with van der Waals surface area (Å²) in [5.74, 6) is 0.511. The SMILES string of the molecule is CCc1ccc2c(n1)nc(N)n2C(C)c1ccccc1. The summed E-state index contributed by atoms with van der Waals surface area (Å²) < 4.78 is 2.04. The molecular weight excluding hydrogens is 248 g/mol.